The number of carbonyl (C=O) groups is 1. The molecule has 0 fully saturated rings. The predicted octanol–water partition coefficient (Wildman–Crippen LogP) is 2.91. The van der Waals surface area contributed by atoms with Gasteiger partial charge in [0.05, 0.1) is 13.3 Å². The van der Waals surface area contributed by atoms with E-state index in [0.717, 1.165) is 18.4 Å². The minimum atomic E-state index is -0.439. The maximum absolute atomic E-state index is 12.0. The van der Waals surface area contributed by atoms with Crippen molar-refractivity contribution in [2.45, 2.75) is 13.0 Å². The number of anilines is 1. The van der Waals surface area contributed by atoms with Crippen LogP contribution < -0.4 is 15.5 Å². The average molecular weight is 364 g/mol. The maximum Gasteiger partial charge on any atom is 0.262 e. The number of hydrazone groups is 1. The highest BCUT2D eigenvalue weighted by atomic mass is 35.5. The SMILES string of the molecule is CO.COc1ccccc1/C=N/NC(=O)C(C)Nc1ccc(Cl)cc1. The van der Waals surface area contributed by atoms with E-state index in [1.807, 2.05) is 36.4 Å². The summed E-state index contributed by atoms with van der Waals surface area (Å²) in [6.07, 6.45) is 1.55. The van der Waals surface area contributed by atoms with Gasteiger partial charge in [-0.2, -0.15) is 5.10 Å². The average Bonchev–Trinajstić information content (AvgIpc) is 2.65. The van der Waals surface area contributed by atoms with Gasteiger partial charge >= 0.3 is 0 Å². The van der Waals surface area contributed by atoms with Crippen molar-refractivity contribution in [2.24, 2.45) is 5.10 Å². The fraction of sp³-hybridized carbons (Fsp3) is 0.222. The van der Waals surface area contributed by atoms with E-state index in [1.165, 1.54) is 0 Å². The van der Waals surface area contributed by atoms with Crippen molar-refractivity contribution in [3.63, 3.8) is 0 Å². The smallest absolute Gasteiger partial charge is 0.262 e. The van der Waals surface area contributed by atoms with Crippen LogP contribution in [0.4, 0.5) is 5.69 Å². The number of nitrogens with one attached hydrogen (secondary N) is 2. The predicted molar refractivity (Wildman–Crippen MR) is 101 cm³/mol. The van der Waals surface area contributed by atoms with Gasteiger partial charge in [-0.25, -0.2) is 5.43 Å². The molecule has 6 nitrogen and oxygen atoms in total. The minimum absolute atomic E-state index is 0.244. The van der Waals surface area contributed by atoms with Crippen molar-refractivity contribution in [1.82, 2.24) is 5.43 Å². The monoisotopic (exact) mass is 363 g/mol. The van der Waals surface area contributed by atoms with Gasteiger partial charge in [-0.3, -0.25) is 4.79 Å². The number of para-hydroxylation sites is 1. The summed E-state index contributed by atoms with van der Waals surface area (Å²) in [5.41, 5.74) is 4.10. The van der Waals surface area contributed by atoms with E-state index in [1.54, 1.807) is 32.4 Å². The van der Waals surface area contributed by atoms with Gasteiger partial charge in [0.2, 0.25) is 0 Å². The van der Waals surface area contributed by atoms with Crippen LogP contribution in [0.15, 0.2) is 53.6 Å². The highest BCUT2D eigenvalue weighted by Gasteiger charge is 2.11. The standard InChI is InChI=1S/C17H18ClN3O2.CH4O/c1-12(20-15-9-7-14(18)8-10-15)17(22)21-19-11-13-5-3-4-6-16(13)23-2;1-2/h3-12,20H,1-2H3,(H,21,22);2H,1H3/b19-11+;. The van der Waals surface area contributed by atoms with Crippen LogP contribution in [0, 0.1) is 0 Å². The van der Waals surface area contributed by atoms with Crippen LogP contribution in [0.25, 0.3) is 0 Å². The van der Waals surface area contributed by atoms with E-state index in [0.29, 0.717) is 10.8 Å². The molecule has 0 aliphatic rings. The third-order valence-corrected chi connectivity index (χ3v) is 3.39. The number of ether oxygens (including phenoxy) is 1. The van der Waals surface area contributed by atoms with Gasteiger partial charge in [0.25, 0.3) is 5.91 Å². The zero-order valence-electron chi connectivity index (χ0n) is 14.4. The maximum atomic E-state index is 12.0. The zero-order chi connectivity index (χ0) is 18.7. The Morgan fingerprint density at radius 2 is 1.84 bits per heavy atom. The van der Waals surface area contributed by atoms with Gasteiger partial charge < -0.3 is 15.2 Å². The molecular weight excluding hydrogens is 342 g/mol. The summed E-state index contributed by atoms with van der Waals surface area (Å²) >= 11 is 5.83. The minimum Gasteiger partial charge on any atom is -0.496 e. The molecule has 0 heterocycles. The summed E-state index contributed by atoms with van der Waals surface area (Å²) in [6, 6.07) is 14.1. The summed E-state index contributed by atoms with van der Waals surface area (Å²) in [5.74, 6) is 0.448. The molecule has 7 heteroatoms. The second-order valence-corrected chi connectivity index (χ2v) is 5.29. The normalized spacial score (nSPS) is 11.2. The Labute approximate surface area is 152 Å². The molecule has 0 aliphatic heterocycles. The number of aliphatic hydroxyl groups excluding tert-OH is 1. The van der Waals surface area contributed by atoms with Gasteiger partial charge in [0.15, 0.2) is 0 Å². The topological polar surface area (TPSA) is 83.0 Å². The number of benzene rings is 2. The highest BCUT2D eigenvalue weighted by Crippen LogP contribution is 2.15. The third kappa shape index (κ3) is 6.82. The van der Waals surface area contributed by atoms with Crippen molar-refractivity contribution >= 4 is 29.4 Å². The van der Waals surface area contributed by atoms with Crippen molar-refractivity contribution in [2.75, 3.05) is 19.5 Å². The number of methoxy groups -OCH3 is 1. The molecule has 0 saturated carbocycles. The van der Waals surface area contributed by atoms with Gasteiger partial charge in [-0.15, -0.1) is 0 Å². The molecule has 2 aromatic rings. The number of rotatable bonds is 6. The fourth-order valence-electron chi connectivity index (χ4n) is 1.90. The second kappa shape index (κ2) is 11.1. The highest BCUT2D eigenvalue weighted by molar-refractivity contribution is 6.30. The van der Waals surface area contributed by atoms with Crippen molar-refractivity contribution in [3.8, 4) is 5.75 Å². The summed E-state index contributed by atoms with van der Waals surface area (Å²) < 4.78 is 5.21. The molecule has 0 aliphatic carbocycles. The Hall–Kier alpha value is -2.57. The lowest BCUT2D eigenvalue weighted by atomic mass is 10.2. The van der Waals surface area contributed by atoms with Crippen LogP contribution in [0.1, 0.15) is 12.5 Å². The lowest BCUT2D eigenvalue weighted by molar-refractivity contribution is -0.121. The first-order valence-corrected chi connectivity index (χ1v) is 7.90. The summed E-state index contributed by atoms with van der Waals surface area (Å²) in [7, 11) is 2.59. The Morgan fingerprint density at radius 3 is 2.48 bits per heavy atom. The van der Waals surface area contributed by atoms with Crippen molar-refractivity contribution in [1.29, 1.82) is 0 Å². The van der Waals surface area contributed by atoms with E-state index >= 15 is 0 Å². The zero-order valence-corrected chi connectivity index (χ0v) is 15.1. The Bertz CT molecular complexity index is 690. The number of halogens is 1. The molecule has 0 aromatic heterocycles. The first-order valence-electron chi connectivity index (χ1n) is 7.53. The molecule has 3 N–H and O–H groups in total. The molecule has 1 atom stereocenters. The summed E-state index contributed by atoms with van der Waals surface area (Å²) in [5, 5.41) is 14.7. The molecule has 2 aromatic carbocycles. The number of nitrogens with zero attached hydrogens (tertiary/aromatic N) is 1. The van der Waals surface area contributed by atoms with Crippen molar-refractivity contribution in [3.05, 3.63) is 59.1 Å². The Morgan fingerprint density at radius 1 is 1.20 bits per heavy atom. The molecule has 0 radical (unpaired) electrons. The van der Waals surface area contributed by atoms with Gasteiger partial charge in [-0.1, -0.05) is 23.7 Å². The molecule has 0 saturated heterocycles. The van der Waals surface area contributed by atoms with Crippen LogP contribution in [-0.4, -0.2) is 37.5 Å². The van der Waals surface area contributed by atoms with Gasteiger partial charge in [-0.05, 0) is 43.3 Å². The first kappa shape index (κ1) is 20.5. The largest absolute Gasteiger partial charge is 0.496 e. The number of hydrogen-bond acceptors (Lipinski definition) is 5. The van der Waals surface area contributed by atoms with E-state index in [-0.39, 0.29) is 5.91 Å². The molecule has 2 rings (SSSR count). The second-order valence-electron chi connectivity index (χ2n) is 4.85. The van der Waals surface area contributed by atoms with E-state index in [4.69, 9.17) is 21.4 Å². The molecule has 25 heavy (non-hydrogen) atoms. The Balaban J connectivity index is 0.00000151. The number of amides is 1. The lowest BCUT2D eigenvalue weighted by Gasteiger charge is -2.13. The van der Waals surface area contributed by atoms with Crippen LogP contribution in [0.5, 0.6) is 5.75 Å². The number of aliphatic hydroxyl groups is 1. The quantitative estimate of drug-likeness (QED) is 0.544. The van der Waals surface area contributed by atoms with Crippen LogP contribution in [0.2, 0.25) is 5.02 Å². The van der Waals surface area contributed by atoms with Gasteiger partial charge in [0.1, 0.15) is 11.8 Å². The van der Waals surface area contributed by atoms with Crippen molar-refractivity contribution < 1.29 is 14.6 Å². The first-order chi connectivity index (χ1) is 12.1. The molecule has 0 bridgehead atoms. The van der Waals surface area contributed by atoms with Crippen LogP contribution in [0.3, 0.4) is 0 Å². The molecule has 134 valence electrons. The van der Waals surface area contributed by atoms with Gasteiger partial charge in [0, 0.05) is 23.4 Å². The van der Waals surface area contributed by atoms with E-state index < -0.39 is 6.04 Å². The van der Waals surface area contributed by atoms with E-state index in [9.17, 15) is 4.79 Å². The fourth-order valence-corrected chi connectivity index (χ4v) is 2.02. The lowest BCUT2D eigenvalue weighted by Crippen LogP contribution is -2.34. The summed E-state index contributed by atoms with van der Waals surface area (Å²) in [6.45, 7) is 1.75. The van der Waals surface area contributed by atoms with E-state index in [2.05, 4.69) is 15.8 Å². The molecular formula is C18H22ClN3O3. The molecule has 0 spiro atoms. The van der Waals surface area contributed by atoms with Crippen LogP contribution >= 0.6 is 11.6 Å². The number of hydrogen-bond donors (Lipinski definition) is 3. The molecule has 1 amide bonds. The Kier molecular flexibility index (Phi) is 9.06. The number of carbonyl (C=O) groups excluding carboxylic acids is 1. The summed E-state index contributed by atoms with van der Waals surface area (Å²) in [4.78, 5) is 12.0. The van der Waals surface area contributed by atoms with Crippen LogP contribution in [-0.2, 0) is 4.79 Å². The third-order valence-electron chi connectivity index (χ3n) is 3.14. The molecule has 1 unspecified atom stereocenters.